The maximum atomic E-state index is 12.4. The molecule has 1 amide bonds. The van der Waals surface area contributed by atoms with Gasteiger partial charge in [0.15, 0.2) is 0 Å². The second-order valence-electron chi connectivity index (χ2n) is 4.89. The van der Waals surface area contributed by atoms with Gasteiger partial charge in [-0.3, -0.25) is 4.79 Å². The van der Waals surface area contributed by atoms with Crippen molar-refractivity contribution < 1.29 is 19.1 Å². The van der Waals surface area contributed by atoms with Crippen LogP contribution in [0.1, 0.15) is 31.8 Å². The minimum absolute atomic E-state index is 0.126. The molecule has 2 rings (SSSR count). The average Bonchev–Trinajstić information content (AvgIpc) is 3.05. The highest BCUT2D eigenvalue weighted by Crippen LogP contribution is 2.20. The fourth-order valence-corrected chi connectivity index (χ4v) is 2.97. The summed E-state index contributed by atoms with van der Waals surface area (Å²) in [6.07, 6.45) is 0. The molecular weight excluding hydrogens is 314 g/mol. The molecule has 0 spiro atoms. The summed E-state index contributed by atoms with van der Waals surface area (Å²) in [6, 6.07) is 10.9. The molecule has 0 N–H and O–H groups in total. The second-order valence-corrected chi connectivity index (χ2v) is 5.98. The molecule has 5 nitrogen and oxygen atoms in total. The van der Waals surface area contributed by atoms with Crippen molar-refractivity contribution in [2.45, 2.75) is 13.5 Å². The zero-order valence-corrected chi connectivity index (χ0v) is 14.2. The van der Waals surface area contributed by atoms with Crippen molar-refractivity contribution in [1.29, 1.82) is 0 Å². The minimum atomic E-state index is -0.428. The molecule has 0 aliphatic rings. The van der Waals surface area contributed by atoms with Crippen LogP contribution in [0.25, 0.3) is 0 Å². The first-order chi connectivity index (χ1) is 11.0. The fourth-order valence-electron chi connectivity index (χ4n) is 2.05. The van der Waals surface area contributed by atoms with E-state index in [1.807, 2.05) is 31.2 Å². The van der Waals surface area contributed by atoms with E-state index in [-0.39, 0.29) is 5.91 Å². The highest BCUT2D eigenvalue weighted by atomic mass is 32.1. The fraction of sp³-hybridized carbons (Fsp3) is 0.294. The summed E-state index contributed by atoms with van der Waals surface area (Å²) >= 11 is 1.14. The first-order valence-corrected chi connectivity index (χ1v) is 8.02. The standard InChI is InChI=1S/C17H19NO4S/c1-4-22-13-7-5-12(6-8-13)11-18(2)16(19)14-9-10-15(23-14)17(20)21-3/h5-10H,4,11H2,1-3H3. The Morgan fingerprint density at radius 1 is 1.09 bits per heavy atom. The first kappa shape index (κ1) is 17.0. The van der Waals surface area contributed by atoms with Gasteiger partial charge in [-0.1, -0.05) is 12.1 Å². The highest BCUT2D eigenvalue weighted by molar-refractivity contribution is 7.15. The van der Waals surface area contributed by atoms with Gasteiger partial charge in [-0.2, -0.15) is 0 Å². The number of nitrogens with zero attached hydrogens (tertiary/aromatic N) is 1. The molecule has 0 unspecified atom stereocenters. The Hall–Kier alpha value is -2.34. The molecule has 0 radical (unpaired) electrons. The van der Waals surface area contributed by atoms with E-state index in [4.69, 9.17) is 4.74 Å². The Bertz CT molecular complexity index is 678. The maximum Gasteiger partial charge on any atom is 0.348 e. The van der Waals surface area contributed by atoms with E-state index in [1.165, 1.54) is 7.11 Å². The number of rotatable bonds is 6. The van der Waals surface area contributed by atoms with E-state index in [0.717, 1.165) is 22.6 Å². The van der Waals surface area contributed by atoms with Crippen LogP contribution in [0.15, 0.2) is 36.4 Å². The number of esters is 1. The van der Waals surface area contributed by atoms with Crippen LogP contribution in [0, 0.1) is 0 Å². The molecule has 1 aromatic carbocycles. The van der Waals surface area contributed by atoms with Gasteiger partial charge in [0.2, 0.25) is 0 Å². The molecule has 0 aliphatic heterocycles. The maximum absolute atomic E-state index is 12.4. The van der Waals surface area contributed by atoms with Gasteiger partial charge in [-0.05, 0) is 36.8 Å². The summed E-state index contributed by atoms with van der Waals surface area (Å²) < 4.78 is 10.0. The number of thiophene rings is 1. The van der Waals surface area contributed by atoms with Crippen LogP contribution < -0.4 is 4.74 Å². The average molecular weight is 333 g/mol. The third kappa shape index (κ3) is 4.32. The largest absolute Gasteiger partial charge is 0.494 e. The quantitative estimate of drug-likeness (QED) is 0.762. The minimum Gasteiger partial charge on any atom is -0.494 e. The Labute approximate surface area is 139 Å². The number of hydrogen-bond donors (Lipinski definition) is 0. The van der Waals surface area contributed by atoms with Gasteiger partial charge in [-0.15, -0.1) is 11.3 Å². The molecule has 2 aromatic rings. The molecular formula is C17H19NO4S. The summed E-state index contributed by atoms with van der Waals surface area (Å²) in [6.45, 7) is 3.04. The van der Waals surface area contributed by atoms with Crippen molar-refractivity contribution in [3.05, 3.63) is 51.7 Å². The second kappa shape index (κ2) is 7.78. The van der Waals surface area contributed by atoms with Crippen LogP contribution in [0.2, 0.25) is 0 Å². The third-order valence-electron chi connectivity index (χ3n) is 3.20. The summed E-state index contributed by atoms with van der Waals surface area (Å²) in [5.41, 5.74) is 1.01. The van der Waals surface area contributed by atoms with Crippen molar-refractivity contribution in [2.24, 2.45) is 0 Å². The van der Waals surface area contributed by atoms with Crippen molar-refractivity contribution in [2.75, 3.05) is 20.8 Å². The first-order valence-electron chi connectivity index (χ1n) is 7.20. The molecule has 0 saturated carbocycles. The van der Waals surface area contributed by atoms with Crippen molar-refractivity contribution >= 4 is 23.2 Å². The Balaban J connectivity index is 2.01. The van der Waals surface area contributed by atoms with Crippen LogP contribution in [0.3, 0.4) is 0 Å². The number of carbonyl (C=O) groups excluding carboxylic acids is 2. The lowest BCUT2D eigenvalue weighted by atomic mass is 10.2. The molecule has 0 fully saturated rings. The Morgan fingerprint density at radius 2 is 1.74 bits per heavy atom. The van der Waals surface area contributed by atoms with Crippen molar-refractivity contribution in [3.8, 4) is 5.75 Å². The molecule has 6 heteroatoms. The number of carbonyl (C=O) groups is 2. The highest BCUT2D eigenvalue weighted by Gasteiger charge is 2.17. The molecule has 23 heavy (non-hydrogen) atoms. The van der Waals surface area contributed by atoms with E-state index >= 15 is 0 Å². The third-order valence-corrected chi connectivity index (χ3v) is 4.26. The van der Waals surface area contributed by atoms with E-state index in [1.54, 1.807) is 24.1 Å². The van der Waals surface area contributed by atoms with E-state index in [0.29, 0.717) is 22.9 Å². The number of hydrogen-bond acceptors (Lipinski definition) is 5. The Morgan fingerprint density at radius 3 is 2.35 bits per heavy atom. The predicted molar refractivity (Wildman–Crippen MR) is 89.1 cm³/mol. The lowest BCUT2D eigenvalue weighted by Crippen LogP contribution is -2.25. The van der Waals surface area contributed by atoms with Crippen LogP contribution >= 0.6 is 11.3 Å². The number of ether oxygens (including phenoxy) is 2. The normalized spacial score (nSPS) is 10.2. The van der Waals surface area contributed by atoms with Gasteiger partial charge in [0, 0.05) is 13.6 Å². The van der Waals surface area contributed by atoms with Gasteiger partial charge in [0.25, 0.3) is 5.91 Å². The van der Waals surface area contributed by atoms with Crippen LogP contribution in [-0.4, -0.2) is 37.5 Å². The van der Waals surface area contributed by atoms with E-state index in [9.17, 15) is 9.59 Å². The lowest BCUT2D eigenvalue weighted by Gasteiger charge is -2.16. The number of benzene rings is 1. The smallest absolute Gasteiger partial charge is 0.348 e. The monoisotopic (exact) mass is 333 g/mol. The molecule has 0 aliphatic carbocycles. The SMILES string of the molecule is CCOc1ccc(CN(C)C(=O)c2ccc(C(=O)OC)s2)cc1. The molecule has 1 aromatic heterocycles. The van der Waals surface area contributed by atoms with Crippen LogP contribution in [-0.2, 0) is 11.3 Å². The zero-order chi connectivity index (χ0) is 16.8. The summed E-state index contributed by atoms with van der Waals surface area (Å²) in [7, 11) is 3.05. The van der Waals surface area contributed by atoms with Gasteiger partial charge >= 0.3 is 5.97 Å². The molecule has 122 valence electrons. The van der Waals surface area contributed by atoms with E-state index < -0.39 is 5.97 Å². The van der Waals surface area contributed by atoms with E-state index in [2.05, 4.69) is 4.74 Å². The summed E-state index contributed by atoms with van der Waals surface area (Å²) in [5, 5.41) is 0. The van der Waals surface area contributed by atoms with Gasteiger partial charge in [0.05, 0.1) is 18.6 Å². The van der Waals surface area contributed by atoms with Crippen LogP contribution in [0.4, 0.5) is 0 Å². The molecule has 1 heterocycles. The zero-order valence-electron chi connectivity index (χ0n) is 13.4. The topological polar surface area (TPSA) is 55.8 Å². The number of methoxy groups -OCH3 is 1. The van der Waals surface area contributed by atoms with Gasteiger partial charge in [0.1, 0.15) is 10.6 Å². The molecule has 0 bridgehead atoms. The van der Waals surface area contributed by atoms with Gasteiger partial charge in [-0.25, -0.2) is 4.79 Å². The summed E-state index contributed by atoms with van der Waals surface area (Å²) in [4.78, 5) is 26.4. The van der Waals surface area contributed by atoms with Crippen molar-refractivity contribution in [3.63, 3.8) is 0 Å². The lowest BCUT2D eigenvalue weighted by molar-refractivity contribution is 0.0606. The molecule has 0 atom stereocenters. The molecule has 0 saturated heterocycles. The van der Waals surface area contributed by atoms with Crippen LogP contribution in [0.5, 0.6) is 5.75 Å². The summed E-state index contributed by atoms with van der Waals surface area (Å²) in [5.74, 6) is 0.258. The predicted octanol–water partition coefficient (Wildman–Crippen LogP) is 3.21. The number of amides is 1. The van der Waals surface area contributed by atoms with Gasteiger partial charge < -0.3 is 14.4 Å². The Kier molecular flexibility index (Phi) is 5.76. The van der Waals surface area contributed by atoms with Crippen molar-refractivity contribution in [1.82, 2.24) is 4.90 Å².